The van der Waals surface area contributed by atoms with E-state index in [2.05, 4.69) is 0 Å². The average Bonchev–Trinajstić information content (AvgIpc) is 2.39. The van der Waals surface area contributed by atoms with Crippen molar-refractivity contribution >= 4 is 11.9 Å². The van der Waals surface area contributed by atoms with Gasteiger partial charge >= 0.3 is 5.97 Å². The van der Waals surface area contributed by atoms with Gasteiger partial charge in [-0.3, -0.25) is 4.79 Å². The van der Waals surface area contributed by atoms with Crippen LogP contribution in [0.5, 0.6) is 0 Å². The lowest BCUT2D eigenvalue weighted by molar-refractivity contribution is -0.156. The van der Waals surface area contributed by atoms with Crippen molar-refractivity contribution in [1.29, 1.82) is 0 Å². The van der Waals surface area contributed by atoms with Crippen LogP contribution in [0.15, 0.2) is 24.3 Å². The number of carbonyl (C=O) groups is 2. The molecule has 110 valence electrons. The number of carboxylic acid groups (broad SMARTS) is 1. The number of hydrogen-bond donors (Lipinski definition) is 1. The molecule has 1 atom stereocenters. The minimum absolute atomic E-state index is 0.155. The van der Waals surface area contributed by atoms with Crippen LogP contribution in [-0.2, 0) is 16.0 Å². The Balaban J connectivity index is 2.77. The standard InChI is InChI=1S/C16H23NO3/c1-11-6-8-13(9-7-11)10-12(2)14(18)17(5)16(3,4)15(19)20/h6-9,12H,10H2,1-5H3,(H,19,20). The topological polar surface area (TPSA) is 57.6 Å². The molecular formula is C16H23NO3. The predicted octanol–water partition coefficient (Wildman–Crippen LogP) is 2.50. The van der Waals surface area contributed by atoms with Gasteiger partial charge in [0.1, 0.15) is 5.54 Å². The third-order valence-electron chi connectivity index (χ3n) is 3.78. The first-order chi connectivity index (χ1) is 9.16. The summed E-state index contributed by atoms with van der Waals surface area (Å²) in [6.45, 7) is 6.91. The van der Waals surface area contributed by atoms with Crippen LogP contribution in [0.3, 0.4) is 0 Å². The second-order valence-electron chi connectivity index (χ2n) is 5.85. The van der Waals surface area contributed by atoms with Crippen molar-refractivity contribution in [3.8, 4) is 0 Å². The van der Waals surface area contributed by atoms with Gasteiger partial charge in [-0.15, -0.1) is 0 Å². The van der Waals surface area contributed by atoms with Crippen LogP contribution < -0.4 is 0 Å². The molecule has 0 aliphatic heterocycles. The van der Waals surface area contributed by atoms with Crippen LogP contribution in [-0.4, -0.2) is 34.5 Å². The lowest BCUT2D eigenvalue weighted by atomic mass is 9.96. The van der Waals surface area contributed by atoms with Crippen LogP contribution in [0.4, 0.5) is 0 Å². The third kappa shape index (κ3) is 3.59. The molecule has 0 bridgehead atoms. The van der Waals surface area contributed by atoms with E-state index in [1.54, 1.807) is 7.05 Å². The summed E-state index contributed by atoms with van der Waals surface area (Å²) in [6.07, 6.45) is 0.610. The molecule has 0 heterocycles. The molecule has 0 aliphatic rings. The number of aliphatic carboxylic acids is 1. The molecule has 20 heavy (non-hydrogen) atoms. The Morgan fingerprint density at radius 2 is 1.75 bits per heavy atom. The Labute approximate surface area is 120 Å². The molecule has 4 nitrogen and oxygen atoms in total. The molecule has 1 N–H and O–H groups in total. The molecule has 0 radical (unpaired) electrons. The van der Waals surface area contributed by atoms with E-state index >= 15 is 0 Å². The van der Waals surface area contributed by atoms with Crippen molar-refractivity contribution in [2.45, 2.75) is 39.7 Å². The van der Waals surface area contributed by atoms with Gasteiger partial charge in [-0.2, -0.15) is 0 Å². The Morgan fingerprint density at radius 3 is 2.20 bits per heavy atom. The van der Waals surface area contributed by atoms with Gasteiger partial charge in [0.25, 0.3) is 0 Å². The number of benzene rings is 1. The number of amides is 1. The summed E-state index contributed by atoms with van der Waals surface area (Å²) in [7, 11) is 1.54. The Kier molecular flexibility index (Phi) is 4.93. The molecule has 0 saturated heterocycles. The highest BCUT2D eigenvalue weighted by Gasteiger charge is 2.36. The highest BCUT2D eigenvalue weighted by atomic mass is 16.4. The van der Waals surface area contributed by atoms with Gasteiger partial charge in [-0.1, -0.05) is 36.8 Å². The maximum absolute atomic E-state index is 12.3. The summed E-state index contributed by atoms with van der Waals surface area (Å²) < 4.78 is 0. The summed E-state index contributed by atoms with van der Waals surface area (Å²) in [5.74, 6) is -1.41. The molecule has 0 fully saturated rings. The summed E-state index contributed by atoms with van der Waals surface area (Å²) in [5, 5.41) is 9.17. The molecule has 4 heteroatoms. The molecule has 1 unspecified atom stereocenters. The van der Waals surface area contributed by atoms with Crippen LogP contribution in [0, 0.1) is 12.8 Å². The summed E-state index contributed by atoms with van der Waals surface area (Å²) in [4.78, 5) is 24.8. The number of carboxylic acids is 1. The fraction of sp³-hybridized carbons (Fsp3) is 0.500. The summed E-state index contributed by atoms with van der Waals surface area (Å²) in [6, 6.07) is 8.03. The molecular weight excluding hydrogens is 254 g/mol. The van der Waals surface area contributed by atoms with Crippen molar-refractivity contribution < 1.29 is 14.7 Å². The highest BCUT2D eigenvalue weighted by molar-refractivity contribution is 5.87. The first-order valence-corrected chi connectivity index (χ1v) is 6.73. The number of rotatable bonds is 5. The number of hydrogen-bond acceptors (Lipinski definition) is 2. The van der Waals surface area contributed by atoms with Gasteiger partial charge in [-0.05, 0) is 32.8 Å². The molecule has 1 aromatic carbocycles. The molecule has 1 aromatic rings. The number of likely N-dealkylation sites (N-methyl/N-ethyl adjacent to an activating group) is 1. The predicted molar refractivity (Wildman–Crippen MR) is 78.5 cm³/mol. The maximum atomic E-state index is 12.3. The quantitative estimate of drug-likeness (QED) is 0.899. The van der Waals surface area contributed by atoms with E-state index in [1.165, 1.54) is 24.3 Å². The molecule has 0 saturated carbocycles. The highest BCUT2D eigenvalue weighted by Crippen LogP contribution is 2.18. The van der Waals surface area contributed by atoms with Gasteiger partial charge in [-0.25, -0.2) is 4.79 Å². The smallest absolute Gasteiger partial charge is 0.329 e. The van der Waals surface area contributed by atoms with E-state index in [0.717, 1.165) is 5.56 Å². The number of carbonyl (C=O) groups excluding carboxylic acids is 1. The largest absolute Gasteiger partial charge is 0.480 e. The number of nitrogens with zero attached hydrogens (tertiary/aromatic N) is 1. The van der Waals surface area contributed by atoms with Gasteiger partial charge < -0.3 is 10.0 Å². The van der Waals surface area contributed by atoms with Gasteiger partial charge in [0, 0.05) is 13.0 Å². The van der Waals surface area contributed by atoms with E-state index in [4.69, 9.17) is 5.11 Å². The third-order valence-corrected chi connectivity index (χ3v) is 3.78. The normalized spacial score (nSPS) is 12.8. The number of aryl methyl sites for hydroxylation is 1. The minimum atomic E-state index is -1.20. The lowest BCUT2D eigenvalue weighted by Gasteiger charge is -2.33. The Bertz CT molecular complexity index is 491. The van der Waals surface area contributed by atoms with E-state index in [0.29, 0.717) is 6.42 Å². The van der Waals surface area contributed by atoms with Crippen LogP contribution in [0.1, 0.15) is 31.9 Å². The fourth-order valence-corrected chi connectivity index (χ4v) is 1.91. The molecule has 0 spiro atoms. The first kappa shape index (κ1) is 16.2. The van der Waals surface area contributed by atoms with E-state index in [1.807, 2.05) is 38.1 Å². The second kappa shape index (κ2) is 6.07. The second-order valence-corrected chi connectivity index (χ2v) is 5.85. The minimum Gasteiger partial charge on any atom is -0.480 e. The average molecular weight is 277 g/mol. The van der Waals surface area contributed by atoms with Gasteiger partial charge in [0.05, 0.1) is 0 Å². The fourth-order valence-electron chi connectivity index (χ4n) is 1.91. The zero-order chi connectivity index (χ0) is 15.5. The molecule has 1 amide bonds. The maximum Gasteiger partial charge on any atom is 0.329 e. The van der Waals surface area contributed by atoms with Gasteiger partial charge in [0.15, 0.2) is 0 Å². The van der Waals surface area contributed by atoms with Gasteiger partial charge in [0.2, 0.25) is 5.91 Å². The lowest BCUT2D eigenvalue weighted by Crippen LogP contribution is -2.52. The van der Waals surface area contributed by atoms with Crippen molar-refractivity contribution in [3.63, 3.8) is 0 Å². The molecule has 1 rings (SSSR count). The van der Waals surface area contributed by atoms with Crippen molar-refractivity contribution in [3.05, 3.63) is 35.4 Å². The van der Waals surface area contributed by atoms with Crippen molar-refractivity contribution in [1.82, 2.24) is 4.90 Å². The summed E-state index contributed by atoms with van der Waals surface area (Å²) >= 11 is 0. The Hall–Kier alpha value is -1.84. The molecule has 0 aromatic heterocycles. The SMILES string of the molecule is Cc1ccc(CC(C)C(=O)N(C)C(C)(C)C(=O)O)cc1. The first-order valence-electron chi connectivity index (χ1n) is 6.73. The van der Waals surface area contributed by atoms with Crippen LogP contribution in [0.25, 0.3) is 0 Å². The van der Waals surface area contributed by atoms with E-state index < -0.39 is 11.5 Å². The van der Waals surface area contributed by atoms with Crippen molar-refractivity contribution in [2.24, 2.45) is 5.92 Å². The van der Waals surface area contributed by atoms with E-state index in [9.17, 15) is 9.59 Å². The van der Waals surface area contributed by atoms with Crippen molar-refractivity contribution in [2.75, 3.05) is 7.05 Å². The van der Waals surface area contributed by atoms with E-state index in [-0.39, 0.29) is 11.8 Å². The van der Waals surface area contributed by atoms with Crippen LogP contribution in [0.2, 0.25) is 0 Å². The van der Waals surface area contributed by atoms with Crippen LogP contribution >= 0.6 is 0 Å². The Morgan fingerprint density at radius 1 is 1.25 bits per heavy atom. The molecule has 0 aliphatic carbocycles. The monoisotopic (exact) mass is 277 g/mol. The zero-order valence-electron chi connectivity index (χ0n) is 12.8. The zero-order valence-corrected chi connectivity index (χ0v) is 12.8. The summed E-state index contributed by atoms with van der Waals surface area (Å²) in [5.41, 5.74) is 1.06.